The van der Waals surface area contributed by atoms with E-state index in [1.165, 1.54) is 18.7 Å². The van der Waals surface area contributed by atoms with Crippen molar-refractivity contribution in [2.45, 2.75) is 20.3 Å². The fraction of sp³-hybridized carbons (Fsp3) is 0.308. The number of anilines is 2. The minimum atomic E-state index is -0.338. The highest BCUT2D eigenvalue weighted by Gasteiger charge is 2.07. The van der Waals surface area contributed by atoms with Crippen molar-refractivity contribution >= 4 is 29.0 Å². The molecule has 0 aliphatic rings. The predicted molar refractivity (Wildman–Crippen MR) is 69.5 cm³/mol. The molecule has 1 N–H and O–H groups in total. The van der Waals surface area contributed by atoms with Crippen LogP contribution in [0.25, 0.3) is 0 Å². The summed E-state index contributed by atoms with van der Waals surface area (Å²) in [6.07, 6.45) is -0.130. The van der Waals surface area contributed by atoms with Crippen molar-refractivity contribution in [1.82, 2.24) is 0 Å². The Balaban J connectivity index is 2.69. The molecule has 0 fully saturated rings. The second kappa shape index (κ2) is 5.95. The average molecular weight is 248 g/mol. The van der Waals surface area contributed by atoms with E-state index in [9.17, 15) is 14.4 Å². The van der Waals surface area contributed by atoms with Gasteiger partial charge in [0.25, 0.3) is 0 Å². The number of Topliss-reactive ketones (excluding diaryl/α,β-unsaturated/α-hetero) is 1. The van der Waals surface area contributed by atoms with Gasteiger partial charge in [-0.2, -0.15) is 0 Å². The highest BCUT2D eigenvalue weighted by molar-refractivity contribution is 6.03. The number of carbonyl (C=O) groups excluding carboxylic acids is 3. The molecule has 0 saturated carbocycles. The van der Waals surface area contributed by atoms with Crippen LogP contribution >= 0.6 is 0 Å². The van der Waals surface area contributed by atoms with Crippen LogP contribution in [0.5, 0.6) is 0 Å². The Hall–Kier alpha value is -2.17. The molecular weight excluding hydrogens is 232 g/mol. The molecule has 0 saturated heterocycles. The Morgan fingerprint density at radius 2 is 1.67 bits per heavy atom. The van der Waals surface area contributed by atoms with E-state index >= 15 is 0 Å². The summed E-state index contributed by atoms with van der Waals surface area (Å²) in [6, 6.07) is 6.83. The number of rotatable bonds is 4. The van der Waals surface area contributed by atoms with Crippen molar-refractivity contribution in [2.75, 3.05) is 17.3 Å². The first-order valence-electron chi connectivity index (χ1n) is 5.54. The molecule has 0 aliphatic carbocycles. The van der Waals surface area contributed by atoms with Crippen LogP contribution in [0, 0.1) is 0 Å². The normalized spacial score (nSPS) is 9.72. The molecule has 0 aliphatic heterocycles. The first-order chi connectivity index (χ1) is 8.40. The van der Waals surface area contributed by atoms with Crippen LogP contribution in [0.1, 0.15) is 20.3 Å². The number of ketones is 1. The van der Waals surface area contributed by atoms with E-state index in [-0.39, 0.29) is 24.0 Å². The summed E-state index contributed by atoms with van der Waals surface area (Å²) >= 11 is 0. The van der Waals surface area contributed by atoms with E-state index < -0.39 is 0 Å². The van der Waals surface area contributed by atoms with Crippen molar-refractivity contribution in [3.8, 4) is 0 Å². The molecular formula is C13H16N2O3. The maximum atomic E-state index is 11.4. The summed E-state index contributed by atoms with van der Waals surface area (Å²) in [6.45, 7) is 2.84. The third-order valence-corrected chi connectivity index (χ3v) is 2.42. The van der Waals surface area contributed by atoms with Crippen molar-refractivity contribution in [2.24, 2.45) is 0 Å². The molecule has 0 unspecified atom stereocenters. The molecule has 0 heterocycles. The second-order valence-electron chi connectivity index (χ2n) is 4.05. The highest BCUT2D eigenvalue weighted by Crippen LogP contribution is 2.17. The number of benzene rings is 1. The van der Waals surface area contributed by atoms with Gasteiger partial charge in [-0.15, -0.1) is 0 Å². The van der Waals surface area contributed by atoms with E-state index in [0.717, 1.165) is 5.69 Å². The third-order valence-electron chi connectivity index (χ3n) is 2.42. The maximum absolute atomic E-state index is 11.4. The van der Waals surface area contributed by atoms with Crippen LogP contribution in [0.4, 0.5) is 11.4 Å². The molecule has 0 radical (unpaired) electrons. The Morgan fingerprint density at radius 3 is 2.11 bits per heavy atom. The van der Waals surface area contributed by atoms with Gasteiger partial charge in [-0.25, -0.2) is 0 Å². The van der Waals surface area contributed by atoms with Gasteiger partial charge < -0.3 is 10.2 Å². The number of hydrogen-bond donors (Lipinski definition) is 1. The Labute approximate surface area is 106 Å². The van der Waals surface area contributed by atoms with Crippen LogP contribution in [-0.2, 0) is 14.4 Å². The van der Waals surface area contributed by atoms with Crippen LogP contribution in [0.15, 0.2) is 24.3 Å². The highest BCUT2D eigenvalue weighted by atomic mass is 16.2. The average Bonchev–Trinajstić information content (AvgIpc) is 2.27. The van der Waals surface area contributed by atoms with E-state index in [1.54, 1.807) is 31.3 Å². The quantitative estimate of drug-likeness (QED) is 0.823. The topological polar surface area (TPSA) is 66.5 Å². The van der Waals surface area contributed by atoms with Crippen LogP contribution < -0.4 is 10.2 Å². The molecule has 96 valence electrons. The summed E-state index contributed by atoms with van der Waals surface area (Å²) in [7, 11) is 1.67. The van der Waals surface area contributed by atoms with Gasteiger partial charge in [0.2, 0.25) is 11.8 Å². The van der Waals surface area contributed by atoms with E-state index in [1.807, 2.05) is 0 Å². The molecule has 0 bridgehead atoms. The first-order valence-corrected chi connectivity index (χ1v) is 5.54. The standard InChI is InChI=1S/C13H16N2O3/c1-9(16)8-13(18)14-11-4-6-12(7-5-11)15(3)10(2)17/h4-7H,8H2,1-3H3,(H,14,18). The first kappa shape index (κ1) is 13.9. The second-order valence-corrected chi connectivity index (χ2v) is 4.05. The molecule has 5 nitrogen and oxygen atoms in total. The van der Waals surface area contributed by atoms with Gasteiger partial charge in [-0.1, -0.05) is 0 Å². The van der Waals surface area contributed by atoms with Crippen molar-refractivity contribution < 1.29 is 14.4 Å². The maximum Gasteiger partial charge on any atom is 0.231 e. The zero-order valence-electron chi connectivity index (χ0n) is 10.7. The Kier molecular flexibility index (Phi) is 4.59. The number of nitrogens with one attached hydrogen (secondary N) is 1. The lowest BCUT2D eigenvalue weighted by molar-refractivity contribution is -0.124. The van der Waals surface area contributed by atoms with Crippen molar-refractivity contribution in [1.29, 1.82) is 0 Å². The van der Waals surface area contributed by atoms with Gasteiger partial charge in [0, 0.05) is 25.3 Å². The molecule has 0 spiro atoms. The van der Waals surface area contributed by atoms with Crippen molar-refractivity contribution in [3.05, 3.63) is 24.3 Å². The summed E-state index contributed by atoms with van der Waals surface area (Å²) in [4.78, 5) is 34.8. The van der Waals surface area contributed by atoms with Gasteiger partial charge in [-0.05, 0) is 31.2 Å². The fourth-order valence-electron chi connectivity index (χ4n) is 1.38. The van der Waals surface area contributed by atoms with Crippen molar-refractivity contribution in [3.63, 3.8) is 0 Å². The zero-order valence-corrected chi connectivity index (χ0v) is 10.7. The van der Waals surface area contributed by atoms with Crippen LogP contribution in [0.2, 0.25) is 0 Å². The van der Waals surface area contributed by atoms with Gasteiger partial charge in [0.05, 0.1) is 6.42 Å². The molecule has 2 amide bonds. The van der Waals surface area contributed by atoms with Gasteiger partial charge in [0.1, 0.15) is 5.78 Å². The number of carbonyl (C=O) groups is 3. The lowest BCUT2D eigenvalue weighted by Crippen LogP contribution is -2.22. The smallest absolute Gasteiger partial charge is 0.231 e. The largest absolute Gasteiger partial charge is 0.326 e. The fourth-order valence-corrected chi connectivity index (χ4v) is 1.38. The molecule has 1 aromatic carbocycles. The molecule has 0 aromatic heterocycles. The summed E-state index contributed by atoms with van der Waals surface area (Å²) < 4.78 is 0. The molecule has 5 heteroatoms. The third kappa shape index (κ3) is 4.01. The summed E-state index contributed by atoms with van der Waals surface area (Å²) in [5.74, 6) is -0.584. The minimum Gasteiger partial charge on any atom is -0.326 e. The van der Waals surface area contributed by atoms with Gasteiger partial charge in [0.15, 0.2) is 0 Å². The monoisotopic (exact) mass is 248 g/mol. The summed E-state index contributed by atoms with van der Waals surface area (Å²) in [5.41, 5.74) is 1.34. The van der Waals surface area contributed by atoms with Gasteiger partial charge >= 0.3 is 0 Å². The Bertz CT molecular complexity index is 466. The number of hydrogen-bond acceptors (Lipinski definition) is 3. The van der Waals surface area contributed by atoms with Crippen LogP contribution in [-0.4, -0.2) is 24.6 Å². The van der Waals surface area contributed by atoms with Crippen LogP contribution in [0.3, 0.4) is 0 Å². The summed E-state index contributed by atoms with van der Waals surface area (Å²) in [5, 5.41) is 2.61. The lowest BCUT2D eigenvalue weighted by Gasteiger charge is -2.15. The lowest BCUT2D eigenvalue weighted by atomic mass is 10.2. The van der Waals surface area contributed by atoms with E-state index in [0.29, 0.717) is 5.69 Å². The minimum absolute atomic E-state index is 0.0663. The predicted octanol–water partition coefficient (Wildman–Crippen LogP) is 1.59. The zero-order chi connectivity index (χ0) is 13.7. The van der Waals surface area contributed by atoms with E-state index in [2.05, 4.69) is 5.32 Å². The molecule has 1 aromatic rings. The number of nitrogens with zero attached hydrogens (tertiary/aromatic N) is 1. The van der Waals surface area contributed by atoms with E-state index in [4.69, 9.17) is 0 Å². The molecule has 1 rings (SSSR count). The van der Waals surface area contributed by atoms with Gasteiger partial charge in [-0.3, -0.25) is 14.4 Å². The molecule has 0 atom stereocenters. The number of amides is 2. The Morgan fingerprint density at radius 1 is 1.11 bits per heavy atom. The molecule has 18 heavy (non-hydrogen) atoms. The SMILES string of the molecule is CC(=O)CC(=O)Nc1ccc(N(C)C(C)=O)cc1.